The molecule has 0 aliphatic carbocycles. The van der Waals surface area contributed by atoms with E-state index in [1.54, 1.807) is 35.8 Å². The molecule has 1 N–H and O–H groups in total. The summed E-state index contributed by atoms with van der Waals surface area (Å²) in [5, 5.41) is 0. The van der Waals surface area contributed by atoms with Crippen molar-refractivity contribution in [2.45, 2.75) is 13.0 Å². The van der Waals surface area contributed by atoms with Crippen LogP contribution in [0.2, 0.25) is 0 Å². The monoisotopic (exact) mass is 303 g/mol. The van der Waals surface area contributed by atoms with E-state index in [4.69, 9.17) is 4.74 Å². The van der Waals surface area contributed by atoms with Gasteiger partial charge >= 0.3 is 0 Å². The highest BCUT2D eigenvalue weighted by molar-refractivity contribution is 5.90. The average Bonchev–Trinajstić information content (AvgIpc) is 2.92. The molecule has 1 saturated heterocycles. The summed E-state index contributed by atoms with van der Waals surface area (Å²) in [6.07, 6.45) is 2.88. The van der Waals surface area contributed by atoms with Crippen LogP contribution in [0.3, 0.4) is 0 Å². The summed E-state index contributed by atoms with van der Waals surface area (Å²) in [6, 6.07) is 1.42. The van der Waals surface area contributed by atoms with Crippen LogP contribution in [0, 0.1) is 6.92 Å². The van der Waals surface area contributed by atoms with E-state index in [1.165, 1.54) is 6.07 Å². The SMILES string of the molecule is Cc1cc(=O)[nH]c(C2CN(C(=O)c3nccn3C)CCO2)n1. The predicted octanol–water partition coefficient (Wildman–Crippen LogP) is 0.0255. The number of nitrogens with zero attached hydrogens (tertiary/aromatic N) is 4. The van der Waals surface area contributed by atoms with Gasteiger partial charge in [-0.3, -0.25) is 9.59 Å². The molecule has 22 heavy (non-hydrogen) atoms. The molecule has 1 aliphatic rings. The van der Waals surface area contributed by atoms with Crippen LogP contribution >= 0.6 is 0 Å². The number of hydrogen-bond acceptors (Lipinski definition) is 5. The predicted molar refractivity (Wildman–Crippen MR) is 77.4 cm³/mol. The highest BCUT2D eigenvalue weighted by Crippen LogP contribution is 2.19. The number of amides is 1. The van der Waals surface area contributed by atoms with Crippen molar-refractivity contribution in [1.82, 2.24) is 24.4 Å². The Morgan fingerprint density at radius 3 is 3.00 bits per heavy atom. The number of imidazole rings is 1. The van der Waals surface area contributed by atoms with E-state index < -0.39 is 6.10 Å². The highest BCUT2D eigenvalue weighted by Gasteiger charge is 2.29. The van der Waals surface area contributed by atoms with Gasteiger partial charge in [0.15, 0.2) is 5.82 Å². The topological polar surface area (TPSA) is 93.1 Å². The van der Waals surface area contributed by atoms with Gasteiger partial charge in [0.05, 0.1) is 13.2 Å². The van der Waals surface area contributed by atoms with Crippen molar-refractivity contribution in [3.63, 3.8) is 0 Å². The number of ether oxygens (including phenoxy) is 1. The van der Waals surface area contributed by atoms with Gasteiger partial charge in [0.1, 0.15) is 11.9 Å². The Kier molecular flexibility index (Phi) is 3.76. The standard InChI is InChI=1S/C14H17N5O3/c1-9-7-11(20)17-12(16-9)10-8-19(5-6-22-10)14(21)13-15-3-4-18(13)2/h3-4,7,10H,5-6,8H2,1-2H3,(H,16,17,20). The van der Waals surface area contributed by atoms with Crippen molar-refractivity contribution in [2.24, 2.45) is 7.05 Å². The molecule has 1 unspecified atom stereocenters. The maximum atomic E-state index is 12.5. The number of carbonyl (C=O) groups excluding carboxylic acids is 1. The first-order valence-corrected chi connectivity index (χ1v) is 7.00. The number of aryl methyl sites for hydroxylation is 2. The van der Waals surface area contributed by atoms with Crippen molar-refractivity contribution in [3.8, 4) is 0 Å². The van der Waals surface area contributed by atoms with Gasteiger partial charge in [0, 0.05) is 37.7 Å². The van der Waals surface area contributed by atoms with Crippen molar-refractivity contribution in [2.75, 3.05) is 19.7 Å². The lowest BCUT2D eigenvalue weighted by molar-refractivity contribution is -0.0274. The number of morpholine rings is 1. The molecule has 0 aromatic carbocycles. The quantitative estimate of drug-likeness (QED) is 0.844. The molecule has 116 valence electrons. The van der Waals surface area contributed by atoms with Gasteiger partial charge in [-0.25, -0.2) is 9.97 Å². The molecule has 1 aliphatic heterocycles. The van der Waals surface area contributed by atoms with Crippen LogP contribution in [0.25, 0.3) is 0 Å². The zero-order chi connectivity index (χ0) is 15.7. The molecule has 3 rings (SSSR count). The van der Waals surface area contributed by atoms with E-state index in [1.807, 2.05) is 0 Å². The minimum atomic E-state index is -0.439. The molecule has 8 nitrogen and oxygen atoms in total. The molecule has 0 bridgehead atoms. The maximum absolute atomic E-state index is 12.5. The first kappa shape index (κ1) is 14.5. The lowest BCUT2D eigenvalue weighted by Crippen LogP contribution is -2.43. The molecular formula is C14H17N5O3. The fourth-order valence-corrected chi connectivity index (χ4v) is 2.47. The molecule has 0 saturated carbocycles. The number of hydrogen-bond donors (Lipinski definition) is 1. The molecule has 2 aromatic rings. The van der Waals surface area contributed by atoms with Gasteiger partial charge in [-0.1, -0.05) is 0 Å². The normalized spacial score (nSPS) is 18.5. The van der Waals surface area contributed by atoms with Gasteiger partial charge in [-0.2, -0.15) is 0 Å². The lowest BCUT2D eigenvalue weighted by atomic mass is 10.2. The van der Waals surface area contributed by atoms with Gasteiger partial charge in [-0.15, -0.1) is 0 Å². The maximum Gasteiger partial charge on any atom is 0.290 e. The smallest absolute Gasteiger partial charge is 0.290 e. The molecule has 0 spiro atoms. The zero-order valence-corrected chi connectivity index (χ0v) is 12.4. The van der Waals surface area contributed by atoms with E-state index >= 15 is 0 Å². The largest absolute Gasteiger partial charge is 0.367 e. The summed E-state index contributed by atoms with van der Waals surface area (Å²) < 4.78 is 7.33. The van der Waals surface area contributed by atoms with Crippen LogP contribution in [0.15, 0.2) is 23.3 Å². The number of carbonyl (C=O) groups is 1. The summed E-state index contributed by atoms with van der Waals surface area (Å²) in [5.41, 5.74) is 0.397. The van der Waals surface area contributed by atoms with Crippen LogP contribution in [0.4, 0.5) is 0 Å². The molecule has 2 aromatic heterocycles. The molecule has 1 fully saturated rings. The third-order valence-corrected chi connectivity index (χ3v) is 3.56. The number of H-pyrrole nitrogens is 1. The Morgan fingerprint density at radius 1 is 1.50 bits per heavy atom. The Balaban J connectivity index is 1.81. The first-order valence-electron chi connectivity index (χ1n) is 7.00. The third-order valence-electron chi connectivity index (χ3n) is 3.56. The summed E-state index contributed by atoms with van der Waals surface area (Å²) in [4.78, 5) is 36.7. The van der Waals surface area contributed by atoms with E-state index in [-0.39, 0.29) is 11.5 Å². The first-order chi connectivity index (χ1) is 10.5. The van der Waals surface area contributed by atoms with Crippen LogP contribution in [0.1, 0.15) is 28.2 Å². The molecule has 1 amide bonds. The number of aromatic nitrogens is 4. The molecule has 8 heteroatoms. The molecule has 3 heterocycles. The van der Waals surface area contributed by atoms with Crippen molar-refractivity contribution in [3.05, 3.63) is 46.2 Å². The Labute approximate surface area is 126 Å². The van der Waals surface area contributed by atoms with Crippen molar-refractivity contribution in [1.29, 1.82) is 0 Å². The summed E-state index contributed by atoms with van der Waals surface area (Å²) in [6.45, 7) is 2.95. The second-order valence-corrected chi connectivity index (χ2v) is 5.24. The second-order valence-electron chi connectivity index (χ2n) is 5.24. The Bertz CT molecular complexity index is 751. The zero-order valence-electron chi connectivity index (χ0n) is 12.4. The summed E-state index contributed by atoms with van der Waals surface area (Å²) in [7, 11) is 1.78. The summed E-state index contributed by atoms with van der Waals surface area (Å²) in [5.74, 6) is 0.671. The van der Waals surface area contributed by atoms with E-state index in [9.17, 15) is 9.59 Å². The minimum Gasteiger partial charge on any atom is -0.367 e. The third kappa shape index (κ3) is 2.77. The second kappa shape index (κ2) is 5.72. The summed E-state index contributed by atoms with van der Waals surface area (Å²) >= 11 is 0. The Morgan fingerprint density at radius 2 is 2.32 bits per heavy atom. The Hall–Kier alpha value is -2.48. The van der Waals surface area contributed by atoms with Gasteiger partial charge in [0.25, 0.3) is 11.5 Å². The van der Waals surface area contributed by atoms with Gasteiger partial charge in [-0.05, 0) is 6.92 Å². The van der Waals surface area contributed by atoms with Gasteiger partial charge < -0.3 is 19.2 Å². The highest BCUT2D eigenvalue weighted by atomic mass is 16.5. The van der Waals surface area contributed by atoms with E-state index in [0.29, 0.717) is 37.0 Å². The number of aromatic amines is 1. The van der Waals surface area contributed by atoms with E-state index in [0.717, 1.165) is 0 Å². The fourth-order valence-electron chi connectivity index (χ4n) is 2.47. The number of nitrogens with one attached hydrogen (secondary N) is 1. The number of rotatable bonds is 2. The van der Waals surface area contributed by atoms with Crippen LogP contribution in [-0.4, -0.2) is 50.0 Å². The van der Waals surface area contributed by atoms with Crippen LogP contribution < -0.4 is 5.56 Å². The molecule has 0 radical (unpaired) electrons. The lowest BCUT2D eigenvalue weighted by Gasteiger charge is -2.32. The molecule has 1 atom stereocenters. The van der Waals surface area contributed by atoms with Crippen LogP contribution in [0.5, 0.6) is 0 Å². The molecular weight excluding hydrogens is 286 g/mol. The van der Waals surface area contributed by atoms with Crippen molar-refractivity contribution < 1.29 is 9.53 Å². The minimum absolute atomic E-state index is 0.157. The fraction of sp³-hybridized carbons (Fsp3) is 0.429. The van der Waals surface area contributed by atoms with E-state index in [2.05, 4.69) is 15.0 Å². The van der Waals surface area contributed by atoms with Crippen molar-refractivity contribution >= 4 is 5.91 Å². The van der Waals surface area contributed by atoms with Crippen LogP contribution in [-0.2, 0) is 11.8 Å². The van der Waals surface area contributed by atoms with Gasteiger partial charge in [0.2, 0.25) is 0 Å². The average molecular weight is 303 g/mol.